The van der Waals surface area contributed by atoms with Crippen molar-refractivity contribution in [1.29, 1.82) is 0 Å². The standard InChI is InChI=1S/C5H11NS2.ClH.2Na/c1-3-6(4-2)5(7)8;;;/h3-4H2,1-2H3,(H,7,8);1H;;/q;;2*+1/p-2. The van der Waals surface area contributed by atoms with Crippen LogP contribution in [0.15, 0.2) is 0 Å². The van der Waals surface area contributed by atoms with Gasteiger partial charge in [-0.05, 0) is 13.8 Å². The predicted molar refractivity (Wildman–Crippen MR) is 42.9 cm³/mol. The van der Waals surface area contributed by atoms with Gasteiger partial charge in [0.15, 0.2) is 0 Å². The molecule has 1 nitrogen and oxygen atoms in total. The molecule has 6 heteroatoms. The molecule has 0 heterocycles. The summed E-state index contributed by atoms with van der Waals surface area (Å²) in [6, 6.07) is 0. The molecule has 0 unspecified atom stereocenters. The van der Waals surface area contributed by atoms with Gasteiger partial charge in [-0.1, -0.05) is 4.32 Å². The van der Waals surface area contributed by atoms with Gasteiger partial charge in [-0.25, -0.2) is 0 Å². The molecular weight excluding hydrogens is 220 g/mol. The van der Waals surface area contributed by atoms with Crippen LogP contribution in [0.5, 0.6) is 0 Å². The summed E-state index contributed by atoms with van der Waals surface area (Å²) in [7, 11) is 0. The number of thiocarbonyl (C=S) groups is 1. The molecule has 56 valence electrons. The van der Waals surface area contributed by atoms with Crippen molar-refractivity contribution in [1.82, 2.24) is 4.90 Å². The van der Waals surface area contributed by atoms with Crippen molar-refractivity contribution in [2.45, 2.75) is 13.8 Å². The Balaban J connectivity index is -0.0000000817. The SMILES string of the molecule is CCN(CC)C(=S)[S-].[Cl-].[Na+].[Na+]. The molecule has 0 atom stereocenters. The molecule has 0 bridgehead atoms. The molecule has 0 amide bonds. The largest absolute Gasteiger partial charge is 1.00 e. The summed E-state index contributed by atoms with van der Waals surface area (Å²) in [6.45, 7) is 5.95. The first-order chi connectivity index (χ1) is 3.72. The van der Waals surface area contributed by atoms with Crippen LogP contribution in [-0.2, 0) is 12.6 Å². The van der Waals surface area contributed by atoms with Crippen molar-refractivity contribution in [3.05, 3.63) is 0 Å². The van der Waals surface area contributed by atoms with Crippen LogP contribution in [-0.4, -0.2) is 22.3 Å². The van der Waals surface area contributed by atoms with Gasteiger partial charge in [-0.2, -0.15) is 0 Å². The molecule has 0 aromatic carbocycles. The van der Waals surface area contributed by atoms with Gasteiger partial charge in [0.2, 0.25) is 0 Å². The molecule has 0 rings (SSSR count). The zero-order valence-corrected chi connectivity index (χ0v) is 13.9. The van der Waals surface area contributed by atoms with Gasteiger partial charge in [-0.3, -0.25) is 0 Å². The molecular formula is C5H10ClNNa2S2. The molecule has 11 heavy (non-hydrogen) atoms. The van der Waals surface area contributed by atoms with Crippen LogP contribution in [0.25, 0.3) is 0 Å². The zero-order chi connectivity index (χ0) is 6.57. The normalized spacial score (nSPS) is 6.36. The fraction of sp³-hybridized carbons (Fsp3) is 0.800. The van der Waals surface area contributed by atoms with Gasteiger partial charge in [0, 0.05) is 13.1 Å². The molecule has 0 N–H and O–H groups in total. The first kappa shape index (κ1) is 23.3. The summed E-state index contributed by atoms with van der Waals surface area (Å²) in [5.74, 6) is 0. The Bertz CT molecular complexity index is 90.6. The Morgan fingerprint density at radius 3 is 1.55 bits per heavy atom. The van der Waals surface area contributed by atoms with Crippen LogP contribution in [0.3, 0.4) is 0 Å². The third-order valence-corrected chi connectivity index (χ3v) is 1.54. The number of hydrogen-bond donors (Lipinski definition) is 0. The predicted octanol–water partition coefficient (Wildman–Crippen LogP) is -7.83. The zero-order valence-electron chi connectivity index (χ0n) is 7.56. The Kier molecular flexibility index (Phi) is 31.6. The number of hydrogen-bond acceptors (Lipinski definition) is 2. The summed E-state index contributed by atoms with van der Waals surface area (Å²) < 4.78 is 0.579. The van der Waals surface area contributed by atoms with Crippen molar-refractivity contribution in [3.8, 4) is 0 Å². The smallest absolute Gasteiger partial charge is 1.00 e. The molecule has 0 aliphatic rings. The maximum Gasteiger partial charge on any atom is 1.00 e. The second-order valence-corrected chi connectivity index (χ2v) is 2.47. The number of halogens is 1. The average molecular weight is 230 g/mol. The topological polar surface area (TPSA) is 3.24 Å². The Labute approximate surface area is 130 Å². The van der Waals surface area contributed by atoms with Crippen LogP contribution < -0.4 is 71.5 Å². The van der Waals surface area contributed by atoms with Gasteiger partial charge < -0.3 is 42.2 Å². The Morgan fingerprint density at radius 1 is 1.27 bits per heavy atom. The van der Waals surface area contributed by atoms with E-state index in [1.165, 1.54) is 0 Å². The van der Waals surface area contributed by atoms with Crippen LogP contribution >= 0.6 is 12.2 Å². The summed E-state index contributed by atoms with van der Waals surface area (Å²) in [5, 5.41) is 0. The third-order valence-electron chi connectivity index (χ3n) is 1.02. The average Bonchev–Trinajstić information content (AvgIpc) is 1.69. The van der Waals surface area contributed by atoms with E-state index in [0.29, 0.717) is 4.32 Å². The van der Waals surface area contributed by atoms with Crippen LogP contribution in [0.4, 0.5) is 0 Å². The second-order valence-electron chi connectivity index (χ2n) is 1.44. The quantitative estimate of drug-likeness (QED) is 0.263. The van der Waals surface area contributed by atoms with E-state index in [4.69, 9.17) is 24.8 Å². The van der Waals surface area contributed by atoms with Crippen LogP contribution in [0.1, 0.15) is 13.8 Å². The van der Waals surface area contributed by atoms with E-state index in [9.17, 15) is 0 Å². The van der Waals surface area contributed by atoms with E-state index in [0.717, 1.165) is 13.1 Å². The minimum Gasteiger partial charge on any atom is -1.00 e. The van der Waals surface area contributed by atoms with Gasteiger partial charge in [-0.15, -0.1) is 0 Å². The maximum absolute atomic E-state index is 4.76. The van der Waals surface area contributed by atoms with Crippen LogP contribution in [0, 0.1) is 0 Å². The second kappa shape index (κ2) is 14.9. The van der Waals surface area contributed by atoms with Crippen molar-refractivity contribution < 1.29 is 71.5 Å². The van der Waals surface area contributed by atoms with E-state index in [1.807, 2.05) is 18.7 Å². The van der Waals surface area contributed by atoms with E-state index < -0.39 is 0 Å². The number of rotatable bonds is 2. The fourth-order valence-corrected chi connectivity index (χ4v) is 0.998. The van der Waals surface area contributed by atoms with E-state index >= 15 is 0 Å². The third kappa shape index (κ3) is 12.4. The van der Waals surface area contributed by atoms with Crippen molar-refractivity contribution in [3.63, 3.8) is 0 Å². The maximum atomic E-state index is 4.76. The molecule has 0 aromatic heterocycles. The molecule has 0 aliphatic heterocycles. The van der Waals surface area contributed by atoms with Crippen LogP contribution in [0.2, 0.25) is 0 Å². The van der Waals surface area contributed by atoms with E-state index in [1.54, 1.807) is 0 Å². The fourth-order valence-electron chi connectivity index (χ4n) is 0.482. The van der Waals surface area contributed by atoms with Gasteiger partial charge >= 0.3 is 59.1 Å². The van der Waals surface area contributed by atoms with Crippen molar-refractivity contribution >= 4 is 29.2 Å². The molecule has 0 saturated carbocycles. The molecule has 0 radical (unpaired) electrons. The van der Waals surface area contributed by atoms with Gasteiger partial charge in [0.1, 0.15) is 0 Å². The van der Waals surface area contributed by atoms with Crippen molar-refractivity contribution in [2.75, 3.05) is 13.1 Å². The van der Waals surface area contributed by atoms with Gasteiger partial charge in [0.25, 0.3) is 0 Å². The molecule has 0 fully saturated rings. The summed E-state index contributed by atoms with van der Waals surface area (Å²) in [5.41, 5.74) is 0. The Hall–Kier alpha value is 2.40. The summed E-state index contributed by atoms with van der Waals surface area (Å²) in [4.78, 5) is 1.96. The summed E-state index contributed by atoms with van der Waals surface area (Å²) >= 11 is 9.51. The molecule has 0 saturated heterocycles. The molecule has 0 aliphatic carbocycles. The monoisotopic (exact) mass is 229 g/mol. The first-order valence-electron chi connectivity index (χ1n) is 2.68. The molecule has 0 aromatic rings. The summed E-state index contributed by atoms with van der Waals surface area (Å²) in [6.07, 6.45) is 0. The van der Waals surface area contributed by atoms with Gasteiger partial charge in [0.05, 0.1) is 0 Å². The first-order valence-corrected chi connectivity index (χ1v) is 3.50. The minimum absolute atomic E-state index is 0. The minimum atomic E-state index is 0. The Morgan fingerprint density at radius 2 is 1.55 bits per heavy atom. The van der Waals surface area contributed by atoms with Crippen molar-refractivity contribution in [2.24, 2.45) is 0 Å². The molecule has 0 spiro atoms. The number of nitrogens with zero attached hydrogens (tertiary/aromatic N) is 1. The van der Waals surface area contributed by atoms with E-state index in [-0.39, 0.29) is 71.5 Å². The van der Waals surface area contributed by atoms with E-state index in [2.05, 4.69) is 0 Å².